The molecular weight excluding hydrogens is 299 g/mol. The van der Waals surface area contributed by atoms with Gasteiger partial charge in [-0.2, -0.15) is 5.10 Å². The van der Waals surface area contributed by atoms with Crippen molar-refractivity contribution in [3.8, 4) is 11.5 Å². The van der Waals surface area contributed by atoms with Crippen molar-refractivity contribution in [2.45, 2.75) is 6.92 Å². The molecule has 0 spiro atoms. The van der Waals surface area contributed by atoms with Crippen molar-refractivity contribution in [3.63, 3.8) is 0 Å². The Morgan fingerprint density at radius 1 is 1.17 bits per heavy atom. The summed E-state index contributed by atoms with van der Waals surface area (Å²) in [7, 11) is 0. The third-order valence-electron chi connectivity index (χ3n) is 2.80. The van der Waals surface area contributed by atoms with Crippen LogP contribution in [0.5, 0.6) is 11.5 Å². The van der Waals surface area contributed by atoms with Crippen LogP contribution in [0, 0.1) is 5.82 Å². The van der Waals surface area contributed by atoms with Crippen LogP contribution in [0.3, 0.4) is 0 Å². The van der Waals surface area contributed by atoms with E-state index >= 15 is 0 Å². The molecule has 0 unspecified atom stereocenters. The molecule has 0 fully saturated rings. The second kappa shape index (κ2) is 8.53. The SMILES string of the molecule is CCOc1ccccc1/C=N/NC(=O)COc1ccc(F)cc1. The first-order valence-corrected chi connectivity index (χ1v) is 7.11. The van der Waals surface area contributed by atoms with Gasteiger partial charge in [-0.15, -0.1) is 0 Å². The maximum Gasteiger partial charge on any atom is 0.277 e. The molecule has 23 heavy (non-hydrogen) atoms. The molecule has 120 valence electrons. The number of hydrogen-bond donors (Lipinski definition) is 1. The van der Waals surface area contributed by atoms with E-state index in [1.165, 1.54) is 30.5 Å². The summed E-state index contributed by atoms with van der Waals surface area (Å²) in [5.74, 6) is 0.321. The monoisotopic (exact) mass is 316 g/mol. The molecule has 0 aromatic heterocycles. The largest absolute Gasteiger partial charge is 0.493 e. The number of hydrogen-bond acceptors (Lipinski definition) is 4. The van der Waals surface area contributed by atoms with Gasteiger partial charge in [0.25, 0.3) is 5.91 Å². The highest BCUT2D eigenvalue weighted by Gasteiger charge is 2.02. The molecular formula is C17H17FN2O3. The molecule has 1 amide bonds. The molecule has 0 atom stereocenters. The molecule has 0 saturated heterocycles. The van der Waals surface area contributed by atoms with Crippen molar-refractivity contribution >= 4 is 12.1 Å². The quantitative estimate of drug-likeness (QED) is 0.631. The Labute approximate surface area is 133 Å². The molecule has 0 aliphatic rings. The number of benzene rings is 2. The van der Waals surface area contributed by atoms with E-state index in [9.17, 15) is 9.18 Å². The Balaban J connectivity index is 1.83. The van der Waals surface area contributed by atoms with Crippen molar-refractivity contribution in [3.05, 3.63) is 59.9 Å². The van der Waals surface area contributed by atoms with Crippen molar-refractivity contribution in [1.82, 2.24) is 5.43 Å². The number of halogens is 1. The standard InChI is InChI=1S/C17H17FN2O3/c1-2-22-16-6-4-3-5-13(16)11-19-20-17(21)12-23-15-9-7-14(18)8-10-15/h3-11H,2,12H2,1H3,(H,20,21)/b19-11+. The van der Waals surface area contributed by atoms with Crippen LogP contribution in [0.25, 0.3) is 0 Å². The summed E-state index contributed by atoms with van der Waals surface area (Å²) in [4.78, 5) is 11.6. The average Bonchev–Trinajstić information content (AvgIpc) is 2.56. The molecule has 2 aromatic rings. The van der Waals surface area contributed by atoms with E-state index in [0.717, 1.165) is 5.56 Å². The second-order valence-electron chi connectivity index (χ2n) is 4.51. The van der Waals surface area contributed by atoms with E-state index in [-0.39, 0.29) is 12.4 Å². The Hall–Kier alpha value is -2.89. The minimum atomic E-state index is -0.417. The maximum absolute atomic E-state index is 12.7. The highest BCUT2D eigenvalue weighted by molar-refractivity contribution is 5.85. The van der Waals surface area contributed by atoms with Crippen molar-refractivity contribution < 1.29 is 18.7 Å². The zero-order valence-electron chi connectivity index (χ0n) is 12.7. The van der Waals surface area contributed by atoms with Gasteiger partial charge >= 0.3 is 0 Å². The van der Waals surface area contributed by atoms with Gasteiger partial charge in [-0.3, -0.25) is 4.79 Å². The highest BCUT2D eigenvalue weighted by atomic mass is 19.1. The van der Waals surface area contributed by atoms with Gasteiger partial charge in [0.15, 0.2) is 6.61 Å². The number of para-hydroxylation sites is 1. The van der Waals surface area contributed by atoms with Crippen molar-refractivity contribution in [2.75, 3.05) is 13.2 Å². The van der Waals surface area contributed by atoms with Gasteiger partial charge in [-0.1, -0.05) is 12.1 Å². The van der Waals surface area contributed by atoms with Crippen LogP contribution in [0.1, 0.15) is 12.5 Å². The van der Waals surface area contributed by atoms with Gasteiger partial charge in [-0.05, 0) is 43.3 Å². The molecule has 0 bridgehead atoms. The van der Waals surface area contributed by atoms with E-state index in [1.54, 1.807) is 0 Å². The summed E-state index contributed by atoms with van der Waals surface area (Å²) in [6.07, 6.45) is 1.50. The third-order valence-corrected chi connectivity index (χ3v) is 2.80. The van der Waals surface area contributed by atoms with Crippen LogP contribution in [0.4, 0.5) is 4.39 Å². The summed E-state index contributed by atoms with van der Waals surface area (Å²) in [5, 5.41) is 3.87. The van der Waals surface area contributed by atoms with Gasteiger partial charge in [0.2, 0.25) is 0 Å². The smallest absolute Gasteiger partial charge is 0.277 e. The third kappa shape index (κ3) is 5.43. The van der Waals surface area contributed by atoms with Gasteiger partial charge in [0, 0.05) is 5.56 Å². The first kappa shape index (κ1) is 16.5. The predicted molar refractivity (Wildman–Crippen MR) is 85.2 cm³/mol. The van der Waals surface area contributed by atoms with Crippen LogP contribution < -0.4 is 14.9 Å². The number of hydrazone groups is 1. The molecule has 0 aliphatic heterocycles. The van der Waals surface area contributed by atoms with Gasteiger partial charge in [0.05, 0.1) is 12.8 Å². The fraction of sp³-hybridized carbons (Fsp3) is 0.176. The minimum Gasteiger partial charge on any atom is -0.493 e. The van der Waals surface area contributed by atoms with Gasteiger partial charge in [0.1, 0.15) is 17.3 Å². The Morgan fingerprint density at radius 2 is 1.91 bits per heavy atom. The van der Waals surface area contributed by atoms with Gasteiger partial charge in [-0.25, -0.2) is 9.82 Å². The molecule has 5 nitrogen and oxygen atoms in total. The van der Waals surface area contributed by atoms with Crippen LogP contribution in [-0.4, -0.2) is 25.3 Å². The van der Waals surface area contributed by atoms with Crippen molar-refractivity contribution in [1.29, 1.82) is 0 Å². The van der Waals surface area contributed by atoms with Crippen LogP contribution in [-0.2, 0) is 4.79 Å². The van der Waals surface area contributed by atoms with E-state index in [1.807, 2.05) is 31.2 Å². The number of ether oxygens (including phenoxy) is 2. The molecule has 1 N–H and O–H groups in total. The van der Waals surface area contributed by atoms with Crippen LogP contribution >= 0.6 is 0 Å². The number of amides is 1. The first-order chi connectivity index (χ1) is 11.2. The summed E-state index contributed by atoms with van der Waals surface area (Å²) < 4.78 is 23.4. The number of carbonyl (C=O) groups excluding carboxylic acids is 1. The second-order valence-corrected chi connectivity index (χ2v) is 4.51. The van der Waals surface area contributed by atoms with Gasteiger partial charge < -0.3 is 9.47 Å². The minimum absolute atomic E-state index is 0.212. The lowest BCUT2D eigenvalue weighted by atomic mass is 10.2. The fourth-order valence-corrected chi connectivity index (χ4v) is 1.76. The lowest BCUT2D eigenvalue weighted by molar-refractivity contribution is -0.123. The first-order valence-electron chi connectivity index (χ1n) is 7.11. The zero-order valence-corrected chi connectivity index (χ0v) is 12.7. The summed E-state index contributed by atoms with van der Waals surface area (Å²) in [5.41, 5.74) is 3.12. The summed E-state index contributed by atoms with van der Waals surface area (Å²) in [6, 6.07) is 12.8. The molecule has 0 saturated carbocycles. The number of nitrogens with zero attached hydrogens (tertiary/aromatic N) is 1. The van der Waals surface area contributed by atoms with E-state index in [0.29, 0.717) is 18.1 Å². The Morgan fingerprint density at radius 3 is 2.65 bits per heavy atom. The normalized spacial score (nSPS) is 10.5. The Kier molecular flexibility index (Phi) is 6.11. The topological polar surface area (TPSA) is 59.9 Å². The lowest BCUT2D eigenvalue weighted by Crippen LogP contribution is -2.24. The highest BCUT2D eigenvalue weighted by Crippen LogP contribution is 2.15. The molecule has 6 heteroatoms. The fourth-order valence-electron chi connectivity index (χ4n) is 1.76. The van der Waals surface area contributed by atoms with E-state index < -0.39 is 5.91 Å². The molecule has 2 aromatic carbocycles. The lowest BCUT2D eigenvalue weighted by Gasteiger charge is -2.06. The zero-order chi connectivity index (χ0) is 16.5. The maximum atomic E-state index is 12.7. The number of carbonyl (C=O) groups is 1. The van der Waals surface area contributed by atoms with E-state index in [2.05, 4.69) is 10.5 Å². The molecule has 2 rings (SSSR count). The molecule has 0 radical (unpaired) electrons. The molecule has 0 heterocycles. The van der Waals surface area contributed by atoms with E-state index in [4.69, 9.17) is 9.47 Å². The van der Waals surface area contributed by atoms with Crippen molar-refractivity contribution in [2.24, 2.45) is 5.10 Å². The summed E-state index contributed by atoms with van der Waals surface area (Å²) in [6.45, 7) is 2.22. The van der Waals surface area contributed by atoms with Crippen LogP contribution in [0.2, 0.25) is 0 Å². The average molecular weight is 316 g/mol. The summed E-state index contributed by atoms with van der Waals surface area (Å²) >= 11 is 0. The number of rotatable bonds is 7. The number of nitrogens with one attached hydrogen (secondary N) is 1. The van der Waals surface area contributed by atoms with Crippen LogP contribution in [0.15, 0.2) is 53.6 Å². The predicted octanol–water partition coefficient (Wildman–Crippen LogP) is 2.75. The Bertz CT molecular complexity index is 672. The molecule has 0 aliphatic carbocycles.